The third-order valence-electron chi connectivity index (χ3n) is 2.39. The van der Waals surface area contributed by atoms with Crippen LogP contribution < -0.4 is 11.3 Å². The molecule has 98 valence electrons. The second kappa shape index (κ2) is 5.93. The second-order valence-electron chi connectivity index (χ2n) is 3.65. The van der Waals surface area contributed by atoms with Crippen molar-refractivity contribution in [3.05, 3.63) is 52.2 Å². The van der Waals surface area contributed by atoms with E-state index in [9.17, 15) is 4.79 Å². The molecular formula is C13H10Cl2N2O2. The first kappa shape index (κ1) is 13.7. The number of furan rings is 1. The van der Waals surface area contributed by atoms with Crippen molar-refractivity contribution in [3.63, 3.8) is 0 Å². The third kappa shape index (κ3) is 3.17. The van der Waals surface area contributed by atoms with Gasteiger partial charge in [0.05, 0.1) is 10.0 Å². The molecule has 2 aromatic rings. The van der Waals surface area contributed by atoms with Crippen molar-refractivity contribution in [3.8, 4) is 11.3 Å². The van der Waals surface area contributed by atoms with Crippen molar-refractivity contribution >= 4 is 35.2 Å². The molecular weight excluding hydrogens is 287 g/mol. The molecule has 1 aromatic carbocycles. The van der Waals surface area contributed by atoms with Crippen LogP contribution in [-0.4, -0.2) is 5.91 Å². The van der Waals surface area contributed by atoms with Crippen LogP contribution in [0.2, 0.25) is 10.0 Å². The molecule has 0 unspecified atom stereocenters. The number of hydrogen-bond donors (Lipinski definition) is 2. The summed E-state index contributed by atoms with van der Waals surface area (Å²) in [6.07, 6.45) is 2.77. The maximum absolute atomic E-state index is 11.0. The first-order chi connectivity index (χ1) is 9.11. The highest BCUT2D eigenvalue weighted by Crippen LogP contribution is 2.34. The fraction of sp³-hybridized carbons (Fsp3) is 0. The largest absolute Gasteiger partial charge is 0.457 e. The molecule has 0 fully saturated rings. The Bertz CT molecular complexity index is 635. The topological polar surface area (TPSA) is 68.3 Å². The highest BCUT2D eigenvalue weighted by molar-refractivity contribution is 6.43. The van der Waals surface area contributed by atoms with Gasteiger partial charge < -0.3 is 4.42 Å². The highest BCUT2D eigenvalue weighted by Gasteiger charge is 2.10. The molecule has 3 N–H and O–H groups in total. The van der Waals surface area contributed by atoms with Gasteiger partial charge in [0.1, 0.15) is 11.5 Å². The fourth-order valence-electron chi connectivity index (χ4n) is 1.49. The van der Waals surface area contributed by atoms with E-state index in [1.54, 1.807) is 30.3 Å². The van der Waals surface area contributed by atoms with Crippen LogP contribution in [-0.2, 0) is 4.79 Å². The summed E-state index contributed by atoms with van der Waals surface area (Å²) in [4.78, 5) is 11.0. The Morgan fingerprint density at radius 3 is 2.79 bits per heavy atom. The predicted molar refractivity (Wildman–Crippen MR) is 75.5 cm³/mol. The van der Waals surface area contributed by atoms with Crippen LogP contribution in [0.15, 0.2) is 40.8 Å². The summed E-state index contributed by atoms with van der Waals surface area (Å²) in [6, 6.07) is 8.74. The van der Waals surface area contributed by atoms with Crippen LogP contribution in [0, 0.1) is 0 Å². The summed E-state index contributed by atoms with van der Waals surface area (Å²) in [7, 11) is 0. The molecule has 6 heteroatoms. The monoisotopic (exact) mass is 296 g/mol. The van der Waals surface area contributed by atoms with Gasteiger partial charge in [-0.2, -0.15) is 0 Å². The van der Waals surface area contributed by atoms with Crippen molar-refractivity contribution in [1.29, 1.82) is 0 Å². The van der Waals surface area contributed by atoms with E-state index >= 15 is 0 Å². The molecule has 0 atom stereocenters. The average Bonchev–Trinajstić information content (AvgIpc) is 2.87. The van der Waals surface area contributed by atoms with E-state index in [2.05, 4.69) is 0 Å². The summed E-state index contributed by atoms with van der Waals surface area (Å²) in [5.74, 6) is 5.62. The lowest BCUT2D eigenvalue weighted by Gasteiger charge is -2.01. The van der Waals surface area contributed by atoms with Crippen LogP contribution >= 0.6 is 23.2 Å². The smallest absolute Gasteiger partial charge is 0.258 e. The van der Waals surface area contributed by atoms with E-state index in [-0.39, 0.29) is 0 Å². The average molecular weight is 297 g/mol. The van der Waals surface area contributed by atoms with Crippen LogP contribution in [0.4, 0.5) is 0 Å². The van der Waals surface area contributed by atoms with E-state index in [1.165, 1.54) is 12.2 Å². The van der Waals surface area contributed by atoms with Crippen LogP contribution in [0.3, 0.4) is 0 Å². The lowest BCUT2D eigenvalue weighted by molar-refractivity contribution is -0.116. The fourth-order valence-corrected chi connectivity index (χ4v) is 1.88. The van der Waals surface area contributed by atoms with Crippen molar-refractivity contribution in [2.24, 2.45) is 5.84 Å². The zero-order valence-electron chi connectivity index (χ0n) is 9.69. The van der Waals surface area contributed by atoms with Gasteiger partial charge in [-0.15, -0.1) is 0 Å². The lowest BCUT2D eigenvalue weighted by Crippen LogP contribution is -2.27. The minimum Gasteiger partial charge on any atom is -0.457 e. The summed E-state index contributed by atoms with van der Waals surface area (Å²) >= 11 is 12.0. The predicted octanol–water partition coefficient (Wildman–Crippen LogP) is 3.26. The molecule has 0 aliphatic rings. The maximum atomic E-state index is 11.0. The zero-order chi connectivity index (χ0) is 13.8. The Labute approximate surface area is 119 Å². The van der Waals surface area contributed by atoms with Gasteiger partial charge in [0.2, 0.25) is 0 Å². The van der Waals surface area contributed by atoms with Crippen molar-refractivity contribution in [1.82, 2.24) is 5.43 Å². The summed E-state index contributed by atoms with van der Waals surface area (Å²) in [5, 5.41) is 0.879. The van der Waals surface area contributed by atoms with Gasteiger partial charge in [-0.3, -0.25) is 10.2 Å². The molecule has 0 saturated carbocycles. The molecule has 0 aliphatic carbocycles. The first-order valence-corrected chi connectivity index (χ1v) is 6.10. The Morgan fingerprint density at radius 2 is 2.05 bits per heavy atom. The van der Waals surface area contributed by atoms with Gasteiger partial charge in [-0.25, -0.2) is 5.84 Å². The number of halogens is 2. The SMILES string of the molecule is NNC(=O)/C=C/c1ccc(-c2cccc(Cl)c2Cl)o1. The highest BCUT2D eigenvalue weighted by atomic mass is 35.5. The summed E-state index contributed by atoms with van der Waals surface area (Å²) in [5.41, 5.74) is 2.68. The van der Waals surface area contributed by atoms with E-state index in [0.717, 1.165) is 0 Å². The number of carbonyl (C=O) groups excluding carboxylic acids is 1. The molecule has 0 radical (unpaired) electrons. The van der Waals surface area contributed by atoms with Gasteiger partial charge in [0.15, 0.2) is 0 Å². The van der Waals surface area contributed by atoms with E-state index in [0.29, 0.717) is 27.1 Å². The molecule has 4 nitrogen and oxygen atoms in total. The van der Waals surface area contributed by atoms with Crippen molar-refractivity contribution in [2.75, 3.05) is 0 Å². The molecule has 0 saturated heterocycles. The Kier molecular flexibility index (Phi) is 4.27. The van der Waals surface area contributed by atoms with E-state index in [4.69, 9.17) is 33.5 Å². The minimum absolute atomic E-state index is 0.418. The molecule has 2 rings (SSSR count). The van der Waals surface area contributed by atoms with Gasteiger partial charge in [0.25, 0.3) is 5.91 Å². The van der Waals surface area contributed by atoms with Gasteiger partial charge in [0, 0.05) is 11.6 Å². The second-order valence-corrected chi connectivity index (χ2v) is 4.43. The van der Waals surface area contributed by atoms with Crippen LogP contribution in [0.5, 0.6) is 0 Å². The van der Waals surface area contributed by atoms with Crippen molar-refractivity contribution < 1.29 is 9.21 Å². The number of benzene rings is 1. The first-order valence-electron chi connectivity index (χ1n) is 5.34. The number of nitrogens with one attached hydrogen (secondary N) is 1. The van der Waals surface area contributed by atoms with Gasteiger partial charge in [-0.1, -0.05) is 29.3 Å². The lowest BCUT2D eigenvalue weighted by atomic mass is 10.2. The van der Waals surface area contributed by atoms with Crippen molar-refractivity contribution in [2.45, 2.75) is 0 Å². The molecule has 19 heavy (non-hydrogen) atoms. The number of carbonyl (C=O) groups is 1. The van der Waals surface area contributed by atoms with Gasteiger partial charge in [-0.05, 0) is 30.3 Å². The molecule has 0 spiro atoms. The normalized spacial score (nSPS) is 10.9. The third-order valence-corrected chi connectivity index (χ3v) is 3.20. The quantitative estimate of drug-likeness (QED) is 0.395. The number of rotatable bonds is 3. The molecule has 0 aliphatic heterocycles. The Hall–Kier alpha value is -1.75. The molecule has 1 aromatic heterocycles. The molecule has 0 bridgehead atoms. The Balaban J connectivity index is 2.28. The molecule has 1 heterocycles. The van der Waals surface area contributed by atoms with E-state index in [1.807, 2.05) is 5.43 Å². The number of nitrogens with two attached hydrogens (primary N) is 1. The Morgan fingerprint density at radius 1 is 1.26 bits per heavy atom. The van der Waals surface area contributed by atoms with Crippen LogP contribution in [0.25, 0.3) is 17.4 Å². The number of hydrazine groups is 1. The zero-order valence-corrected chi connectivity index (χ0v) is 11.2. The van der Waals surface area contributed by atoms with Gasteiger partial charge >= 0.3 is 0 Å². The number of hydrogen-bond acceptors (Lipinski definition) is 3. The number of amides is 1. The standard InChI is InChI=1S/C13H10Cl2N2O2/c14-10-3-1-2-9(13(10)15)11-6-4-8(19-11)5-7-12(18)17-16/h1-7H,16H2,(H,17,18)/b7-5+. The summed E-state index contributed by atoms with van der Waals surface area (Å²) < 4.78 is 5.55. The summed E-state index contributed by atoms with van der Waals surface area (Å²) in [6.45, 7) is 0. The van der Waals surface area contributed by atoms with E-state index < -0.39 is 5.91 Å². The molecule has 1 amide bonds. The van der Waals surface area contributed by atoms with Crippen LogP contribution in [0.1, 0.15) is 5.76 Å². The minimum atomic E-state index is -0.418. The maximum Gasteiger partial charge on any atom is 0.258 e.